The summed E-state index contributed by atoms with van der Waals surface area (Å²) in [5, 5.41) is 8.28. The van der Waals surface area contributed by atoms with E-state index in [4.69, 9.17) is 51.5 Å². The molecule has 0 aromatic carbocycles. The standard InChI is InChI=1S/C3H4Cl4O2/c4-2(8)9-1-3(5,6)7/h2,8H,1H2. The van der Waals surface area contributed by atoms with Crippen molar-refractivity contribution in [3.8, 4) is 0 Å². The molecule has 56 valence electrons. The first-order valence-electron chi connectivity index (χ1n) is 1.92. The zero-order valence-electron chi connectivity index (χ0n) is 4.15. The third kappa shape index (κ3) is 9.08. The van der Waals surface area contributed by atoms with Gasteiger partial charge >= 0.3 is 0 Å². The molecule has 6 heteroatoms. The fourth-order valence-electron chi connectivity index (χ4n) is 0.163. The lowest BCUT2D eigenvalue weighted by Gasteiger charge is -2.10. The van der Waals surface area contributed by atoms with Crippen LogP contribution in [0.5, 0.6) is 0 Å². The zero-order valence-corrected chi connectivity index (χ0v) is 7.18. The number of alkyl halides is 4. The Labute approximate surface area is 72.6 Å². The van der Waals surface area contributed by atoms with Crippen molar-refractivity contribution in [1.29, 1.82) is 0 Å². The highest BCUT2D eigenvalue weighted by molar-refractivity contribution is 6.67. The molecule has 9 heavy (non-hydrogen) atoms. The van der Waals surface area contributed by atoms with E-state index in [0.29, 0.717) is 0 Å². The fraction of sp³-hybridized carbons (Fsp3) is 1.00. The molecule has 1 N–H and O–H groups in total. The minimum absolute atomic E-state index is 0.234. The van der Waals surface area contributed by atoms with E-state index in [9.17, 15) is 0 Å². The summed E-state index contributed by atoms with van der Waals surface area (Å²) in [4.78, 5) is 0. The number of ether oxygens (including phenoxy) is 1. The van der Waals surface area contributed by atoms with Gasteiger partial charge in [-0.2, -0.15) is 0 Å². The van der Waals surface area contributed by atoms with E-state index in [1.807, 2.05) is 0 Å². The zero-order chi connectivity index (χ0) is 7.49. The number of hydrogen-bond acceptors (Lipinski definition) is 2. The van der Waals surface area contributed by atoms with Gasteiger partial charge in [-0.3, -0.25) is 0 Å². The minimum Gasteiger partial charge on any atom is -0.356 e. The van der Waals surface area contributed by atoms with Gasteiger partial charge in [0.2, 0.25) is 9.54 Å². The van der Waals surface area contributed by atoms with Gasteiger partial charge in [-0.15, -0.1) is 0 Å². The van der Waals surface area contributed by atoms with Gasteiger partial charge in [0.1, 0.15) is 0 Å². The number of rotatable bonds is 2. The molecule has 0 rings (SSSR count). The predicted octanol–water partition coefficient (Wildman–Crippen LogP) is 1.89. The van der Waals surface area contributed by atoms with Crippen LogP contribution in [-0.2, 0) is 4.74 Å². The van der Waals surface area contributed by atoms with Gasteiger partial charge in [-0.25, -0.2) is 0 Å². The minimum atomic E-state index is -1.52. The maximum absolute atomic E-state index is 8.28. The summed E-state index contributed by atoms with van der Waals surface area (Å²) >= 11 is 20.6. The van der Waals surface area contributed by atoms with E-state index in [2.05, 4.69) is 4.74 Å². The molecule has 2 nitrogen and oxygen atoms in total. The van der Waals surface area contributed by atoms with E-state index in [1.54, 1.807) is 0 Å². The van der Waals surface area contributed by atoms with Crippen molar-refractivity contribution in [2.45, 2.75) is 9.54 Å². The predicted molar refractivity (Wildman–Crippen MR) is 38.1 cm³/mol. The van der Waals surface area contributed by atoms with Crippen molar-refractivity contribution < 1.29 is 9.84 Å². The molecule has 1 atom stereocenters. The molecule has 0 aromatic rings. The molecule has 0 bridgehead atoms. The van der Waals surface area contributed by atoms with Crippen molar-refractivity contribution in [1.82, 2.24) is 0 Å². The molecule has 0 saturated carbocycles. The van der Waals surface area contributed by atoms with Crippen molar-refractivity contribution in [3.05, 3.63) is 0 Å². The van der Waals surface area contributed by atoms with Gasteiger partial charge < -0.3 is 9.84 Å². The number of halogens is 4. The second-order valence-corrected chi connectivity index (χ2v) is 4.11. The van der Waals surface area contributed by atoms with Crippen LogP contribution in [0, 0.1) is 0 Å². The van der Waals surface area contributed by atoms with E-state index < -0.39 is 9.54 Å². The van der Waals surface area contributed by atoms with E-state index >= 15 is 0 Å². The second kappa shape index (κ2) is 4.06. The summed E-state index contributed by atoms with van der Waals surface area (Å²) in [7, 11) is 0. The van der Waals surface area contributed by atoms with E-state index in [0.717, 1.165) is 0 Å². The monoisotopic (exact) mass is 212 g/mol. The van der Waals surface area contributed by atoms with Crippen molar-refractivity contribution in [2.75, 3.05) is 6.61 Å². The molecule has 1 unspecified atom stereocenters. The normalized spacial score (nSPS) is 15.7. The first kappa shape index (κ1) is 10.1. The Balaban J connectivity index is 3.28. The molecule has 0 saturated heterocycles. The van der Waals surface area contributed by atoms with Crippen LogP contribution in [0.15, 0.2) is 0 Å². The Morgan fingerprint density at radius 1 is 1.44 bits per heavy atom. The van der Waals surface area contributed by atoms with Crippen LogP contribution in [0.3, 0.4) is 0 Å². The molecule has 0 heterocycles. The van der Waals surface area contributed by atoms with Crippen LogP contribution in [0.1, 0.15) is 0 Å². The molecule has 0 aliphatic rings. The number of aliphatic hydroxyl groups excluding tert-OH is 1. The Bertz CT molecular complexity index is 78.4. The smallest absolute Gasteiger partial charge is 0.234 e. The van der Waals surface area contributed by atoms with Gasteiger partial charge in [-0.05, 0) is 0 Å². The summed E-state index contributed by atoms with van der Waals surface area (Å²) in [5.74, 6) is -1.42. The number of aliphatic hydroxyl groups is 1. The summed E-state index contributed by atoms with van der Waals surface area (Å²) in [6, 6.07) is 0. The van der Waals surface area contributed by atoms with Crippen molar-refractivity contribution >= 4 is 46.4 Å². The molecular weight excluding hydrogens is 210 g/mol. The summed E-state index contributed by atoms with van der Waals surface area (Å²) in [5.41, 5.74) is 0. The second-order valence-electron chi connectivity index (χ2n) is 1.22. The van der Waals surface area contributed by atoms with Gasteiger partial charge in [0, 0.05) is 0 Å². The van der Waals surface area contributed by atoms with Crippen molar-refractivity contribution in [3.63, 3.8) is 0 Å². The van der Waals surface area contributed by atoms with Crippen LogP contribution in [-0.4, -0.2) is 21.3 Å². The fourth-order valence-corrected chi connectivity index (χ4v) is 0.415. The summed E-state index contributed by atoms with van der Waals surface area (Å²) in [6.45, 7) is -0.234. The molecule has 0 spiro atoms. The highest BCUT2D eigenvalue weighted by Gasteiger charge is 2.20. The Morgan fingerprint density at radius 3 is 2.00 bits per heavy atom. The molecule has 0 aliphatic carbocycles. The first-order chi connectivity index (χ1) is 3.92. The summed E-state index contributed by atoms with van der Waals surface area (Å²) < 4.78 is 2.81. The highest BCUT2D eigenvalue weighted by Crippen LogP contribution is 2.26. The molecule has 0 aromatic heterocycles. The maximum atomic E-state index is 8.28. The van der Waals surface area contributed by atoms with Gasteiger partial charge in [-0.1, -0.05) is 46.4 Å². The SMILES string of the molecule is OC(Cl)OCC(Cl)(Cl)Cl. The van der Waals surface area contributed by atoms with Crippen LogP contribution < -0.4 is 0 Å². The molecular formula is C3H4Cl4O2. The first-order valence-corrected chi connectivity index (χ1v) is 3.49. The van der Waals surface area contributed by atoms with Gasteiger partial charge in [0.25, 0.3) is 0 Å². The van der Waals surface area contributed by atoms with Gasteiger partial charge in [0.15, 0.2) is 0 Å². The third-order valence-electron chi connectivity index (χ3n) is 0.385. The molecule has 0 radical (unpaired) electrons. The lowest BCUT2D eigenvalue weighted by Crippen LogP contribution is -2.16. The van der Waals surface area contributed by atoms with Crippen LogP contribution in [0.2, 0.25) is 0 Å². The Kier molecular flexibility index (Phi) is 4.55. The Morgan fingerprint density at radius 2 is 1.89 bits per heavy atom. The van der Waals surface area contributed by atoms with Crippen molar-refractivity contribution in [2.24, 2.45) is 0 Å². The lowest BCUT2D eigenvalue weighted by atomic mass is 10.8. The van der Waals surface area contributed by atoms with E-state index in [1.165, 1.54) is 0 Å². The lowest BCUT2D eigenvalue weighted by molar-refractivity contribution is -0.0362. The Hall–Kier alpha value is 1.08. The number of hydrogen-bond donors (Lipinski definition) is 1. The quantitative estimate of drug-likeness (QED) is 0.561. The topological polar surface area (TPSA) is 29.5 Å². The van der Waals surface area contributed by atoms with Crippen LogP contribution >= 0.6 is 46.4 Å². The molecule has 0 aliphatic heterocycles. The summed E-state index contributed by atoms with van der Waals surface area (Å²) in [6.07, 6.45) is 0. The van der Waals surface area contributed by atoms with Gasteiger partial charge in [0.05, 0.1) is 6.61 Å². The third-order valence-corrected chi connectivity index (χ3v) is 0.838. The largest absolute Gasteiger partial charge is 0.356 e. The maximum Gasteiger partial charge on any atom is 0.234 e. The highest BCUT2D eigenvalue weighted by atomic mass is 35.6. The molecule has 0 fully saturated rings. The molecule has 0 amide bonds. The van der Waals surface area contributed by atoms with Crippen LogP contribution in [0.4, 0.5) is 0 Å². The van der Waals surface area contributed by atoms with Crippen LogP contribution in [0.25, 0.3) is 0 Å². The van der Waals surface area contributed by atoms with E-state index in [-0.39, 0.29) is 6.61 Å². The average Bonchev–Trinajstić information content (AvgIpc) is 1.59. The average molecular weight is 214 g/mol.